The van der Waals surface area contributed by atoms with Gasteiger partial charge in [0.25, 0.3) is 0 Å². The van der Waals surface area contributed by atoms with E-state index in [0.29, 0.717) is 45.6 Å². The van der Waals surface area contributed by atoms with Gasteiger partial charge in [0, 0.05) is 58.0 Å². The molecular formula is C18H29N3O3. The Morgan fingerprint density at radius 1 is 0.875 bits per heavy atom. The molecule has 24 heavy (non-hydrogen) atoms. The number of carbonyl (C=O) groups excluding carboxylic acids is 3. The summed E-state index contributed by atoms with van der Waals surface area (Å²) in [6, 6.07) is 0. The fourth-order valence-corrected chi connectivity index (χ4v) is 3.75. The van der Waals surface area contributed by atoms with Gasteiger partial charge in [0.2, 0.25) is 17.7 Å². The summed E-state index contributed by atoms with van der Waals surface area (Å²) in [4.78, 5) is 42.2. The first-order chi connectivity index (χ1) is 11.6. The average molecular weight is 335 g/mol. The number of hydrogen-bond acceptors (Lipinski definition) is 3. The summed E-state index contributed by atoms with van der Waals surface area (Å²) in [5.74, 6) is 0.823. The summed E-state index contributed by atoms with van der Waals surface area (Å²) in [5, 5.41) is 0. The molecule has 0 aromatic heterocycles. The molecule has 0 unspecified atom stereocenters. The first-order valence-corrected chi connectivity index (χ1v) is 9.49. The van der Waals surface area contributed by atoms with Gasteiger partial charge in [0.15, 0.2) is 0 Å². The molecule has 6 heteroatoms. The van der Waals surface area contributed by atoms with E-state index in [1.165, 1.54) is 6.42 Å². The van der Waals surface area contributed by atoms with Crippen molar-refractivity contribution >= 4 is 17.7 Å². The van der Waals surface area contributed by atoms with Crippen LogP contribution >= 0.6 is 0 Å². The van der Waals surface area contributed by atoms with E-state index in [4.69, 9.17) is 0 Å². The highest BCUT2D eigenvalue weighted by Gasteiger charge is 2.32. The minimum absolute atomic E-state index is 0.114. The molecule has 0 radical (unpaired) electrons. The van der Waals surface area contributed by atoms with Gasteiger partial charge in [-0.25, -0.2) is 0 Å². The van der Waals surface area contributed by atoms with Crippen LogP contribution in [-0.2, 0) is 14.4 Å². The van der Waals surface area contributed by atoms with Crippen molar-refractivity contribution in [2.45, 2.75) is 51.4 Å². The fraction of sp³-hybridized carbons (Fsp3) is 0.833. The third-order valence-corrected chi connectivity index (χ3v) is 5.67. The van der Waals surface area contributed by atoms with Gasteiger partial charge >= 0.3 is 0 Å². The lowest BCUT2D eigenvalue weighted by atomic mass is 9.84. The number of piperazine rings is 1. The Bertz CT molecular complexity index is 482. The first-order valence-electron chi connectivity index (χ1n) is 9.49. The summed E-state index contributed by atoms with van der Waals surface area (Å²) in [6.45, 7) is 3.90. The van der Waals surface area contributed by atoms with Gasteiger partial charge in [0.1, 0.15) is 0 Å². The average Bonchev–Trinajstić information content (AvgIpc) is 2.75. The van der Waals surface area contributed by atoms with Crippen molar-refractivity contribution in [3.8, 4) is 0 Å². The number of amides is 3. The zero-order chi connectivity index (χ0) is 16.9. The number of nitrogens with zero attached hydrogens (tertiary/aromatic N) is 3. The molecule has 0 bridgehead atoms. The van der Waals surface area contributed by atoms with E-state index in [-0.39, 0.29) is 23.6 Å². The van der Waals surface area contributed by atoms with E-state index in [9.17, 15) is 14.4 Å². The lowest BCUT2D eigenvalue weighted by molar-refractivity contribution is -0.144. The predicted octanol–water partition coefficient (Wildman–Crippen LogP) is 1.25. The Hall–Kier alpha value is -1.59. The molecule has 0 aromatic carbocycles. The molecule has 0 atom stereocenters. The van der Waals surface area contributed by atoms with Gasteiger partial charge < -0.3 is 14.7 Å². The maximum Gasteiger partial charge on any atom is 0.225 e. The summed E-state index contributed by atoms with van der Waals surface area (Å²) in [7, 11) is 0. The van der Waals surface area contributed by atoms with Crippen LogP contribution in [0.25, 0.3) is 0 Å². The first kappa shape index (κ1) is 17.2. The molecule has 0 spiro atoms. The lowest BCUT2D eigenvalue weighted by Crippen LogP contribution is -2.53. The van der Waals surface area contributed by atoms with Crippen LogP contribution in [0.5, 0.6) is 0 Å². The molecule has 134 valence electrons. The maximum atomic E-state index is 12.4. The van der Waals surface area contributed by atoms with Crippen molar-refractivity contribution in [2.24, 2.45) is 5.92 Å². The second-order valence-electron chi connectivity index (χ2n) is 7.28. The van der Waals surface area contributed by atoms with Crippen molar-refractivity contribution in [1.82, 2.24) is 14.7 Å². The normalized spacial score (nSPS) is 23.0. The Morgan fingerprint density at radius 3 is 2.25 bits per heavy atom. The van der Waals surface area contributed by atoms with Crippen LogP contribution in [0.2, 0.25) is 0 Å². The second-order valence-corrected chi connectivity index (χ2v) is 7.28. The molecule has 3 rings (SSSR count). The van der Waals surface area contributed by atoms with Crippen molar-refractivity contribution in [1.29, 1.82) is 0 Å². The van der Waals surface area contributed by atoms with E-state index in [0.717, 1.165) is 38.6 Å². The van der Waals surface area contributed by atoms with Gasteiger partial charge in [-0.05, 0) is 25.7 Å². The summed E-state index contributed by atoms with van der Waals surface area (Å²) < 4.78 is 0. The molecule has 6 nitrogen and oxygen atoms in total. The summed E-state index contributed by atoms with van der Waals surface area (Å²) in [6.07, 6.45) is 7.38. The highest BCUT2D eigenvalue weighted by atomic mass is 16.2. The van der Waals surface area contributed by atoms with Crippen molar-refractivity contribution in [3.05, 3.63) is 0 Å². The molecule has 3 aliphatic rings. The molecule has 1 saturated carbocycles. The van der Waals surface area contributed by atoms with E-state index in [2.05, 4.69) is 0 Å². The minimum Gasteiger partial charge on any atom is -0.342 e. The smallest absolute Gasteiger partial charge is 0.225 e. The van der Waals surface area contributed by atoms with E-state index in [1.807, 2.05) is 14.7 Å². The molecule has 2 aliphatic heterocycles. The van der Waals surface area contributed by atoms with Crippen molar-refractivity contribution in [2.75, 3.05) is 39.3 Å². The van der Waals surface area contributed by atoms with Crippen LogP contribution in [0.1, 0.15) is 51.4 Å². The molecule has 3 fully saturated rings. The van der Waals surface area contributed by atoms with E-state index in [1.54, 1.807) is 0 Å². The highest BCUT2D eigenvalue weighted by Crippen LogP contribution is 2.28. The van der Waals surface area contributed by atoms with E-state index >= 15 is 0 Å². The zero-order valence-electron chi connectivity index (χ0n) is 14.5. The molecule has 3 amide bonds. The number of likely N-dealkylation sites (tertiary alicyclic amines) is 1. The SMILES string of the molecule is O=C1CCCCCN1CCC(=O)N1CCN(C(=O)C2CCC2)CC1. The summed E-state index contributed by atoms with van der Waals surface area (Å²) >= 11 is 0. The van der Waals surface area contributed by atoms with Crippen molar-refractivity contribution in [3.63, 3.8) is 0 Å². The van der Waals surface area contributed by atoms with Crippen LogP contribution in [0.15, 0.2) is 0 Å². The minimum atomic E-state index is 0.114. The quantitative estimate of drug-likeness (QED) is 0.777. The van der Waals surface area contributed by atoms with Crippen molar-refractivity contribution < 1.29 is 14.4 Å². The molecule has 2 heterocycles. The monoisotopic (exact) mass is 335 g/mol. The van der Waals surface area contributed by atoms with Gasteiger partial charge in [-0.1, -0.05) is 12.8 Å². The predicted molar refractivity (Wildman–Crippen MR) is 90.2 cm³/mol. The Balaban J connectivity index is 1.40. The molecule has 0 aromatic rings. The highest BCUT2D eigenvalue weighted by molar-refractivity contribution is 5.81. The molecule has 1 aliphatic carbocycles. The number of hydrogen-bond donors (Lipinski definition) is 0. The van der Waals surface area contributed by atoms with Gasteiger partial charge in [-0.3, -0.25) is 14.4 Å². The Kier molecular flexibility index (Phi) is 5.74. The lowest BCUT2D eigenvalue weighted by Gasteiger charge is -2.38. The van der Waals surface area contributed by atoms with Crippen LogP contribution in [0, 0.1) is 5.92 Å². The van der Waals surface area contributed by atoms with Crippen LogP contribution < -0.4 is 0 Å². The topological polar surface area (TPSA) is 60.9 Å². The fourth-order valence-electron chi connectivity index (χ4n) is 3.75. The maximum absolute atomic E-state index is 12.4. The third-order valence-electron chi connectivity index (χ3n) is 5.67. The number of carbonyl (C=O) groups is 3. The van der Waals surface area contributed by atoms with E-state index < -0.39 is 0 Å². The van der Waals surface area contributed by atoms with Crippen LogP contribution in [-0.4, -0.2) is 71.7 Å². The van der Waals surface area contributed by atoms with Gasteiger partial charge in [0.05, 0.1) is 0 Å². The second kappa shape index (κ2) is 7.99. The summed E-state index contributed by atoms with van der Waals surface area (Å²) in [5.41, 5.74) is 0. The van der Waals surface area contributed by atoms with Gasteiger partial charge in [-0.2, -0.15) is 0 Å². The van der Waals surface area contributed by atoms with Crippen LogP contribution in [0.4, 0.5) is 0 Å². The zero-order valence-corrected chi connectivity index (χ0v) is 14.5. The Labute approximate surface area is 144 Å². The number of rotatable bonds is 4. The standard InChI is InChI=1S/C18H29N3O3/c22-16-7-2-1-3-9-19(16)10-8-17(23)20-11-13-21(14-12-20)18(24)15-5-4-6-15/h15H,1-14H2. The van der Waals surface area contributed by atoms with Crippen LogP contribution in [0.3, 0.4) is 0 Å². The van der Waals surface area contributed by atoms with Gasteiger partial charge in [-0.15, -0.1) is 0 Å². The molecule has 0 N–H and O–H groups in total. The largest absolute Gasteiger partial charge is 0.342 e. The third kappa shape index (κ3) is 4.08. The molecular weight excluding hydrogens is 306 g/mol. The Morgan fingerprint density at radius 2 is 1.58 bits per heavy atom. The molecule has 2 saturated heterocycles.